The van der Waals surface area contributed by atoms with Gasteiger partial charge in [0, 0.05) is 30.0 Å². The molecule has 0 aliphatic carbocycles. The van der Waals surface area contributed by atoms with Crippen molar-refractivity contribution in [2.75, 3.05) is 31.6 Å². The van der Waals surface area contributed by atoms with Gasteiger partial charge in [0.25, 0.3) is 5.91 Å². The van der Waals surface area contributed by atoms with Gasteiger partial charge in [-0.05, 0) is 78.8 Å². The predicted octanol–water partition coefficient (Wildman–Crippen LogP) is 3.99. The maximum atomic E-state index is 12.1. The fourth-order valence-corrected chi connectivity index (χ4v) is 5.89. The van der Waals surface area contributed by atoms with E-state index < -0.39 is 5.54 Å². The molecule has 0 saturated carbocycles. The molecule has 3 amide bonds. The lowest BCUT2D eigenvalue weighted by molar-refractivity contribution is -0.125. The largest absolute Gasteiger partial charge is 0.492 e. The number of rotatable bonds is 8. The molecule has 2 aliphatic heterocycles. The number of halogens is 1. The van der Waals surface area contributed by atoms with Crippen LogP contribution in [-0.2, 0) is 4.79 Å². The van der Waals surface area contributed by atoms with Crippen molar-refractivity contribution in [2.45, 2.75) is 38.3 Å². The average molecular weight is 559 g/mol. The van der Waals surface area contributed by atoms with Gasteiger partial charge < -0.3 is 20.3 Å². The normalized spacial score (nSPS) is 19.4. The van der Waals surface area contributed by atoms with Crippen LogP contribution in [0.3, 0.4) is 0 Å². The molecule has 2 aromatic heterocycles. The Morgan fingerprint density at radius 2 is 2.17 bits per heavy atom. The fourth-order valence-electron chi connectivity index (χ4n) is 4.30. The first kappa shape index (κ1) is 24.0. The molecule has 0 spiro atoms. The van der Waals surface area contributed by atoms with E-state index in [1.807, 2.05) is 6.07 Å². The number of carbonyl (C=O) groups is 2. The van der Waals surface area contributed by atoms with Crippen molar-refractivity contribution < 1.29 is 14.3 Å². The lowest BCUT2D eigenvalue weighted by Crippen LogP contribution is -2.46. The van der Waals surface area contributed by atoms with Crippen molar-refractivity contribution >= 4 is 55.2 Å². The fraction of sp³-hybridized carbons (Fsp3) is 0.417. The number of anilines is 1. The summed E-state index contributed by atoms with van der Waals surface area (Å²) in [5.41, 5.74) is -0.0895. The van der Waals surface area contributed by atoms with Crippen molar-refractivity contribution in [3.05, 3.63) is 34.9 Å². The first-order valence-electron chi connectivity index (χ1n) is 11.6. The second-order valence-corrected chi connectivity index (χ2v) is 11.1. The van der Waals surface area contributed by atoms with E-state index in [-0.39, 0.29) is 11.9 Å². The Kier molecular flexibility index (Phi) is 6.65. The predicted molar refractivity (Wildman–Crippen MR) is 140 cm³/mol. The van der Waals surface area contributed by atoms with E-state index in [0.29, 0.717) is 31.7 Å². The van der Waals surface area contributed by atoms with Gasteiger partial charge in [-0.25, -0.2) is 14.8 Å². The number of hydrogen-bond acceptors (Lipinski definition) is 8. The summed E-state index contributed by atoms with van der Waals surface area (Å²) in [4.78, 5) is 35.6. The van der Waals surface area contributed by atoms with Crippen LogP contribution in [0.15, 0.2) is 34.9 Å². The average Bonchev–Trinajstić information content (AvgIpc) is 3.54. The highest BCUT2D eigenvalue weighted by Crippen LogP contribution is 2.37. The summed E-state index contributed by atoms with van der Waals surface area (Å²) in [6, 6.07) is 8.33. The SMILES string of the molecule is CC1(C)C(=O)NC(=O)N1CCNc1ncc(Br)c(-c2cc3cc(OC[C@@H]4CCCN4)ccc3s2)n1. The summed E-state index contributed by atoms with van der Waals surface area (Å²) in [6.07, 6.45) is 4.08. The maximum Gasteiger partial charge on any atom is 0.325 e. The van der Waals surface area contributed by atoms with Crippen LogP contribution in [0.1, 0.15) is 26.7 Å². The molecule has 2 aliphatic rings. The summed E-state index contributed by atoms with van der Waals surface area (Å²) in [6.45, 7) is 5.96. The van der Waals surface area contributed by atoms with Crippen molar-refractivity contribution in [3.63, 3.8) is 0 Å². The number of nitrogens with one attached hydrogen (secondary N) is 3. The maximum absolute atomic E-state index is 12.1. The van der Waals surface area contributed by atoms with Gasteiger partial charge in [0.1, 0.15) is 23.6 Å². The van der Waals surface area contributed by atoms with E-state index in [1.54, 1.807) is 31.4 Å². The molecular weight excluding hydrogens is 532 g/mol. The van der Waals surface area contributed by atoms with Crippen LogP contribution < -0.4 is 20.7 Å². The van der Waals surface area contributed by atoms with Crippen LogP contribution in [0, 0.1) is 0 Å². The number of carbonyl (C=O) groups excluding carboxylic acids is 2. The van der Waals surface area contributed by atoms with E-state index in [1.165, 1.54) is 11.3 Å². The van der Waals surface area contributed by atoms with Crippen LogP contribution >= 0.6 is 27.3 Å². The van der Waals surface area contributed by atoms with Crippen molar-refractivity contribution in [1.82, 2.24) is 25.5 Å². The van der Waals surface area contributed by atoms with Gasteiger partial charge in [0.2, 0.25) is 5.95 Å². The van der Waals surface area contributed by atoms with E-state index >= 15 is 0 Å². The zero-order chi connectivity index (χ0) is 24.6. The van der Waals surface area contributed by atoms with Gasteiger partial charge in [0.15, 0.2) is 0 Å². The van der Waals surface area contributed by atoms with Crippen molar-refractivity contribution in [3.8, 4) is 16.3 Å². The summed E-state index contributed by atoms with van der Waals surface area (Å²) in [7, 11) is 0. The second-order valence-electron chi connectivity index (χ2n) is 9.20. The molecule has 0 radical (unpaired) electrons. The van der Waals surface area contributed by atoms with Crippen LogP contribution in [0.2, 0.25) is 0 Å². The molecule has 1 aromatic carbocycles. The molecule has 184 valence electrons. The third-order valence-corrected chi connectivity index (χ3v) is 8.10. The summed E-state index contributed by atoms with van der Waals surface area (Å²) >= 11 is 5.23. The number of nitrogens with zero attached hydrogens (tertiary/aromatic N) is 3. The number of hydrogen-bond donors (Lipinski definition) is 3. The minimum atomic E-state index is -0.877. The molecule has 1 atom stereocenters. The molecule has 0 unspecified atom stereocenters. The van der Waals surface area contributed by atoms with Crippen molar-refractivity contribution in [1.29, 1.82) is 0 Å². The number of fused-ring (bicyclic) bond motifs is 1. The van der Waals surface area contributed by atoms with Gasteiger partial charge in [-0.3, -0.25) is 10.1 Å². The molecular formula is C24H27BrN6O3S. The minimum Gasteiger partial charge on any atom is -0.492 e. The van der Waals surface area contributed by atoms with Crippen LogP contribution in [0.25, 0.3) is 20.7 Å². The second kappa shape index (κ2) is 9.71. The van der Waals surface area contributed by atoms with E-state index in [4.69, 9.17) is 9.72 Å². The van der Waals surface area contributed by atoms with Gasteiger partial charge in [-0.15, -0.1) is 11.3 Å². The number of imide groups is 1. The Morgan fingerprint density at radius 3 is 2.91 bits per heavy atom. The van der Waals surface area contributed by atoms with Gasteiger partial charge >= 0.3 is 6.03 Å². The standard InChI is InChI=1S/C24H27BrN6O3S/c1-24(2)21(32)30-23(33)31(24)9-8-27-22-28-12-17(25)20(29-22)19-11-14-10-16(5-6-18(14)35-19)34-13-15-4-3-7-26-15/h5-6,10-12,15,26H,3-4,7-9,13H2,1-2H3,(H,27,28,29)(H,30,32,33)/t15-/m0/s1. The molecule has 11 heteroatoms. The lowest BCUT2D eigenvalue weighted by Gasteiger charge is -2.27. The Balaban J connectivity index is 1.27. The van der Waals surface area contributed by atoms with E-state index in [0.717, 1.165) is 43.8 Å². The molecule has 0 bridgehead atoms. The molecule has 3 aromatic rings. The highest BCUT2D eigenvalue weighted by Gasteiger charge is 2.45. The highest BCUT2D eigenvalue weighted by molar-refractivity contribution is 9.10. The summed E-state index contributed by atoms with van der Waals surface area (Å²) in [5.74, 6) is 1.03. The zero-order valence-electron chi connectivity index (χ0n) is 19.6. The zero-order valence-corrected chi connectivity index (χ0v) is 22.0. The Bertz CT molecular complexity index is 1270. The lowest BCUT2D eigenvalue weighted by atomic mass is 10.0. The van der Waals surface area contributed by atoms with Crippen LogP contribution in [0.5, 0.6) is 5.75 Å². The first-order chi connectivity index (χ1) is 16.8. The topological polar surface area (TPSA) is 108 Å². The van der Waals surface area contributed by atoms with Gasteiger partial charge in [0.05, 0.1) is 9.35 Å². The molecule has 3 N–H and O–H groups in total. The number of ether oxygens (including phenoxy) is 1. The Labute approximate surface area is 215 Å². The number of benzene rings is 1. The van der Waals surface area contributed by atoms with Gasteiger partial charge in [-0.2, -0.15) is 0 Å². The quantitative estimate of drug-likeness (QED) is 0.358. The first-order valence-corrected chi connectivity index (χ1v) is 13.2. The molecule has 2 fully saturated rings. The van der Waals surface area contributed by atoms with Crippen LogP contribution in [0.4, 0.5) is 10.7 Å². The molecule has 2 saturated heterocycles. The Morgan fingerprint density at radius 1 is 1.31 bits per heavy atom. The summed E-state index contributed by atoms with van der Waals surface area (Å²) < 4.78 is 7.96. The number of thiophene rings is 1. The third kappa shape index (κ3) is 4.98. The van der Waals surface area contributed by atoms with E-state index in [2.05, 4.69) is 55.1 Å². The van der Waals surface area contributed by atoms with Crippen LogP contribution in [-0.4, -0.2) is 64.6 Å². The Hall–Kier alpha value is -2.76. The molecule has 4 heterocycles. The summed E-state index contributed by atoms with van der Waals surface area (Å²) in [5, 5.41) is 10.1. The molecule has 35 heavy (non-hydrogen) atoms. The third-order valence-electron chi connectivity index (χ3n) is 6.39. The molecule has 5 rings (SSSR count). The highest BCUT2D eigenvalue weighted by atomic mass is 79.9. The minimum absolute atomic E-state index is 0.293. The van der Waals surface area contributed by atoms with Gasteiger partial charge in [-0.1, -0.05) is 0 Å². The smallest absolute Gasteiger partial charge is 0.325 e. The number of urea groups is 1. The van der Waals surface area contributed by atoms with E-state index in [9.17, 15) is 9.59 Å². The monoisotopic (exact) mass is 558 g/mol. The number of aromatic nitrogens is 2. The van der Waals surface area contributed by atoms with Crippen molar-refractivity contribution in [2.24, 2.45) is 0 Å². The molecule has 9 nitrogen and oxygen atoms in total. The number of amides is 3.